The zero-order valence-corrected chi connectivity index (χ0v) is 16.8. The first kappa shape index (κ1) is 20.7. The summed E-state index contributed by atoms with van der Waals surface area (Å²) in [7, 11) is -0.357. The van der Waals surface area contributed by atoms with E-state index in [-0.39, 0.29) is 11.8 Å². The molecule has 0 aromatic heterocycles. The number of ether oxygens (including phenoxy) is 1. The number of hydrogen-bond donors (Lipinski definition) is 1. The zero-order valence-electron chi connectivity index (χ0n) is 16.0. The molecule has 1 N–H and O–H groups in total. The van der Waals surface area contributed by atoms with Crippen molar-refractivity contribution >= 4 is 16.1 Å². The van der Waals surface area contributed by atoms with Crippen LogP contribution >= 0.6 is 0 Å². The highest BCUT2D eigenvalue weighted by atomic mass is 32.2. The van der Waals surface area contributed by atoms with Gasteiger partial charge < -0.3 is 10.1 Å². The van der Waals surface area contributed by atoms with Crippen molar-refractivity contribution in [3.8, 4) is 5.75 Å². The Morgan fingerprint density at radius 2 is 1.92 bits per heavy atom. The number of piperidine rings is 1. The number of nitrogens with one attached hydrogen (secondary N) is 1. The van der Waals surface area contributed by atoms with Gasteiger partial charge in [0.25, 0.3) is 10.2 Å². The van der Waals surface area contributed by atoms with E-state index in [1.165, 1.54) is 22.7 Å². The Kier molecular flexibility index (Phi) is 7.02. The Morgan fingerprint density at radius 1 is 1.27 bits per heavy atom. The minimum absolute atomic E-state index is 0.0311. The van der Waals surface area contributed by atoms with Crippen molar-refractivity contribution < 1.29 is 17.9 Å². The van der Waals surface area contributed by atoms with E-state index in [0.29, 0.717) is 39.1 Å². The minimum Gasteiger partial charge on any atom is -0.491 e. The molecule has 0 aliphatic carbocycles. The van der Waals surface area contributed by atoms with Crippen LogP contribution in [0.15, 0.2) is 18.2 Å². The molecule has 0 radical (unpaired) electrons. The first-order chi connectivity index (χ1) is 12.2. The van der Waals surface area contributed by atoms with Gasteiger partial charge >= 0.3 is 0 Å². The van der Waals surface area contributed by atoms with Crippen LogP contribution in [0.3, 0.4) is 0 Å². The number of carbonyl (C=O) groups excluding carboxylic acids is 1. The van der Waals surface area contributed by atoms with E-state index in [0.717, 1.165) is 16.9 Å². The van der Waals surface area contributed by atoms with Gasteiger partial charge in [0.15, 0.2) is 0 Å². The Labute approximate surface area is 156 Å². The Hall–Kier alpha value is -1.64. The Bertz CT molecular complexity index is 726. The van der Waals surface area contributed by atoms with Crippen LogP contribution in [-0.4, -0.2) is 63.3 Å². The second kappa shape index (κ2) is 8.83. The normalized spacial score (nSPS) is 16.7. The molecule has 1 heterocycles. The molecular formula is C18H29N3O4S. The van der Waals surface area contributed by atoms with Crippen LogP contribution in [0.4, 0.5) is 0 Å². The van der Waals surface area contributed by atoms with Crippen molar-refractivity contribution in [2.45, 2.75) is 26.7 Å². The average Bonchev–Trinajstić information content (AvgIpc) is 2.61. The summed E-state index contributed by atoms with van der Waals surface area (Å²) in [5.74, 6) is 0.655. The lowest BCUT2D eigenvalue weighted by Gasteiger charge is -2.32. The number of aryl methyl sites for hydroxylation is 2. The topological polar surface area (TPSA) is 79.0 Å². The summed E-state index contributed by atoms with van der Waals surface area (Å²) in [6, 6.07) is 6.03. The maximum atomic E-state index is 12.3. The first-order valence-electron chi connectivity index (χ1n) is 8.87. The van der Waals surface area contributed by atoms with E-state index in [1.807, 2.05) is 32.0 Å². The fourth-order valence-corrected chi connectivity index (χ4v) is 4.06. The summed E-state index contributed by atoms with van der Waals surface area (Å²) in [4.78, 5) is 12.3. The standard InChI is InChI=1S/C18H29N3O4S/c1-14-5-6-15(2)17(13-14)25-12-9-19-18(22)16-7-10-21(11-8-16)26(23,24)20(3)4/h5-6,13,16H,7-12H2,1-4H3,(H,19,22). The molecule has 0 unspecified atom stereocenters. The summed E-state index contributed by atoms with van der Waals surface area (Å²) in [5, 5.41) is 2.89. The van der Waals surface area contributed by atoms with Crippen LogP contribution in [0.1, 0.15) is 24.0 Å². The van der Waals surface area contributed by atoms with Crippen molar-refractivity contribution in [1.29, 1.82) is 0 Å². The number of rotatable bonds is 7. The van der Waals surface area contributed by atoms with Crippen LogP contribution in [0.2, 0.25) is 0 Å². The number of hydrogen-bond acceptors (Lipinski definition) is 4. The van der Waals surface area contributed by atoms with Crippen molar-refractivity contribution in [3.05, 3.63) is 29.3 Å². The molecule has 1 aliphatic rings. The lowest BCUT2D eigenvalue weighted by molar-refractivity contribution is -0.126. The third-order valence-corrected chi connectivity index (χ3v) is 6.56. The molecule has 1 aromatic rings. The van der Waals surface area contributed by atoms with E-state index in [9.17, 15) is 13.2 Å². The van der Waals surface area contributed by atoms with E-state index in [4.69, 9.17) is 4.74 Å². The molecule has 8 heteroatoms. The van der Waals surface area contributed by atoms with Crippen LogP contribution in [0.25, 0.3) is 0 Å². The van der Waals surface area contributed by atoms with Gasteiger partial charge in [0.2, 0.25) is 5.91 Å². The van der Waals surface area contributed by atoms with Crippen LogP contribution in [-0.2, 0) is 15.0 Å². The number of amides is 1. The predicted octanol–water partition coefficient (Wildman–Crippen LogP) is 1.32. The van der Waals surface area contributed by atoms with Crippen molar-refractivity contribution in [3.63, 3.8) is 0 Å². The first-order valence-corrected chi connectivity index (χ1v) is 10.3. The molecule has 1 aromatic carbocycles. The summed E-state index contributed by atoms with van der Waals surface area (Å²) >= 11 is 0. The van der Waals surface area contributed by atoms with Gasteiger partial charge in [0.1, 0.15) is 12.4 Å². The summed E-state index contributed by atoms with van der Waals surface area (Å²) in [6.45, 7) is 5.58. The van der Waals surface area contributed by atoms with Crippen LogP contribution in [0, 0.1) is 19.8 Å². The molecule has 1 amide bonds. The zero-order chi connectivity index (χ0) is 19.3. The minimum atomic E-state index is -3.39. The van der Waals surface area contributed by atoms with E-state index < -0.39 is 10.2 Å². The average molecular weight is 384 g/mol. The van der Waals surface area contributed by atoms with Gasteiger partial charge in [-0.05, 0) is 43.9 Å². The molecule has 0 spiro atoms. The Balaban J connectivity index is 1.73. The van der Waals surface area contributed by atoms with Crippen LogP contribution < -0.4 is 10.1 Å². The van der Waals surface area contributed by atoms with E-state index in [1.54, 1.807) is 0 Å². The second-order valence-corrected chi connectivity index (χ2v) is 9.01. The highest BCUT2D eigenvalue weighted by Gasteiger charge is 2.32. The molecule has 1 fully saturated rings. The van der Waals surface area contributed by atoms with Gasteiger partial charge in [-0.3, -0.25) is 4.79 Å². The Morgan fingerprint density at radius 3 is 2.54 bits per heavy atom. The van der Waals surface area contributed by atoms with Gasteiger partial charge in [0.05, 0.1) is 6.54 Å². The van der Waals surface area contributed by atoms with Gasteiger partial charge in [-0.25, -0.2) is 0 Å². The lowest BCUT2D eigenvalue weighted by atomic mass is 9.97. The number of carbonyl (C=O) groups is 1. The predicted molar refractivity (Wildman–Crippen MR) is 101 cm³/mol. The third kappa shape index (κ3) is 5.18. The van der Waals surface area contributed by atoms with E-state index in [2.05, 4.69) is 5.32 Å². The maximum absolute atomic E-state index is 12.3. The van der Waals surface area contributed by atoms with E-state index >= 15 is 0 Å². The SMILES string of the molecule is Cc1ccc(C)c(OCCNC(=O)C2CCN(S(=O)(=O)N(C)C)CC2)c1. The van der Waals surface area contributed by atoms with Crippen LogP contribution in [0.5, 0.6) is 5.75 Å². The molecule has 0 bridgehead atoms. The fraction of sp³-hybridized carbons (Fsp3) is 0.611. The summed E-state index contributed by atoms with van der Waals surface area (Å²) in [6.07, 6.45) is 1.08. The largest absolute Gasteiger partial charge is 0.491 e. The third-order valence-electron chi connectivity index (χ3n) is 4.61. The quantitative estimate of drug-likeness (QED) is 0.720. The molecule has 2 rings (SSSR count). The molecule has 1 saturated heterocycles. The fourth-order valence-electron chi connectivity index (χ4n) is 2.92. The second-order valence-electron chi connectivity index (χ2n) is 6.87. The lowest BCUT2D eigenvalue weighted by Crippen LogP contribution is -2.47. The van der Waals surface area contributed by atoms with Gasteiger partial charge in [-0.1, -0.05) is 12.1 Å². The monoisotopic (exact) mass is 383 g/mol. The molecular weight excluding hydrogens is 354 g/mol. The summed E-state index contributed by atoms with van der Waals surface area (Å²) < 4.78 is 32.6. The highest BCUT2D eigenvalue weighted by Crippen LogP contribution is 2.21. The van der Waals surface area contributed by atoms with Gasteiger partial charge in [-0.2, -0.15) is 17.0 Å². The maximum Gasteiger partial charge on any atom is 0.281 e. The smallest absolute Gasteiger partial charge is 0.281 e. The van der Waals surface area contributed by atoms with Gasteiger partial charge in [0, 0.05) is 33.1 Å². The molecule has 26 heavy (non-hydrogen) atoms. The molecule has 146 valence electrons. The van der Waals surface area contributed by atoms with Gasteiger partial charge in [-0.15, -0.1) is 0 Å². The molecule has 1 aliphatic heterocycles. The highest BCUT2D eigenvalue weighted by molar-refractivity contribution is 7.86. The van der Waals surface area contributed by atoms with Crippen molar-refractivity contribution in [1.82, 2.24) is 13.9 Å². The summed E-state index contributed by atoms with van der Waals surface area (Å²) in [5.41, 5.74) is 2.20. The molecule has 0 saturated carbocycles. The van der Waals surface area contributed by atoms with Crippen molar-refractivity contribution in [2.75, 3.05) is 40.3 Å². The van der Waals surface area contributed by atoms with Crippen molar-refractivity contribution in [2.24, 2.45) is 5.92 Å². The number of benzene rings is 1. The molecule has 0 atom stereocenters. The molecule has 7 nitrogen and oxygen atoms in total. The number of nitrogens with zero attached hydrogens (tertiary/aromatic N) is 2.